The van der Waals surface area contributed by atoms with Crippen LogP contribution in [0.25, 0.3) is 11.4 Å². The topological polar surface area (TPSA) is 80.9 Å². The Morgan fingerprint density at radius 1 is 1.42 bits per heavy atom. The van der Waals surface area contributed by atoms with Crippen molar-refractivity contribution in [3.63, 3.8) is 0 Å². The molecular weight excluding hydrogens is 282 g/mol. The Balaban J connectivity index is 2.58. The molecule has 100 valence electrons. The number of halogens is 3. The molecule has 19 heavy (non-hydrogen) atoms. The lowest BCUT2D eigenvalue weighted by atomic mass is 10.2. The molecule has 1 aromatic carbocycles. The fraction of sp³-hybridized carbons (Fsp3) is 0.200. The van der Waals surface area contributed by atoms with Crippen LogP contribution < -0.4 is 0 Å². The molecule has 0 saturated carbocycles. The summed E-state index contributed by atoms with van der Waals surface area (Å²) in [6, 6.07) is 0.466. The van der Waals surface area contributed by atoms with Crippen LogP contribution in [-0.2, 0) is 4.79 Å². The van der Waals surface area contributed by atoms with E-state index in [-0.39, 0.29) is 16.4 Å². The SMILES string of the molecule is CC(C(=O)O)n1nnnc1-c1cc(F)c(Cl)cc1F. The minimum atomic E-state index is -1.21. The van der Waals surface area contributed by atoms with Crippen molar-refractivity contribution in [2.45, 2.75) is 13.0 Å². The molecule has 2 rings (SSSR count). The molecule has 2 aromatic rings. The van der Waals surface area contributed by atoms with Gasteiger partial charge in [0.15, 0.2) is 11.9 Å². The quantitative estimate of drug-likeness (QED) is 0.873. The number of carbonyl (C=O) groups is 1. The van der Waals surface area contributed by atoms with Crippen molar-refractivity contribution in [3.05, 3.63) is 28.8 Å². The van der Waals surface area contributed by atoms with Crippen LogP contribution in [0.1, 0.15) is 13.0 Å². The van der Waals surface area contributed by atoms with Gasteiger partial charge in [-0.3, -0.25) is 0 Å². The van der Waals surface area contributed by atoms with Gasteiger partial charge in [0.1, 0.15) is 11.6 Å². The molecule has 0 amide bonds. The molecule has 0 aliphatic rings. The predicted octanol–water partition coefficient (Wildman–Crippen LogP) is 1.92. The maximum atomic E-state index is 13.7. The first-order valence-electron chi connectivity index (χ1n) is 5.07. The Hall–Kier alpha value is -2.09. The second kappa shape index (κ2) is 4.88. The van der Waals surface area contributed by atoms with Gasteiger partial charge >= 0.3 is 5.97 Å². The lowest BCUT2D eigenvalue weighted by molar-refractivity contribution is -0.140. The summed E-state index contributed by atoms with van der Waals surface area (Å²) in [7, 11) is 0. The molecule has 1 unspecified atom stereocenters. The largest absolute Gasteiger partial charge is 0.480 e. The number of aromatic nitrogens is 4. The van der Waals surface area contributed by atoms with E-state index in [9.17, 15) is 13.6 Å². The third kappa shape index (κ3) is 2.39. The van der Waals surface area contributed by atoms with Gasteiger partial charge in [-0.2, -0.15) is 0 Å². The zero-order valence-electron chi connectivity index (χ0n) is 9.51. The van der Waals surface area contributed by atoms with E-state index in [1.807, 2.05) is 0 Å². The number of hydrogen-bond acceptors (Lipinski definition) is 4. The van der Waals surface area contributed by atoms with Gasteiger partial charge in [-0.1, -0.05) is 11.6 Å². The summed E-state index contributed by atoms with van der Waals surface area (Å²) >= 11 is 5.43. The van der Waals surface area contributed by atoms with Crippen LogP contribution in [0.4, 0.5) is 8.78 Å². The standard InChI is InChI=1S/C10H7ClF2N4O2/c1-4(10(18)19)17-9(14-15-16-17)5-2-8(13)6(11)3-7(5)12/h2-4H,1H3,(H,18,19). The van der Waals surface area contributed by atoms with Gasteiger partial charge in [0.2, 0.25) is 0 Å². The third-order valence-electron chi connectivity index (χ3n) is 2.47. The number of nitrogens with zero attached hydrogens (tertiary/aromatic N) is 4. The third-order valence-corrected chi connectivity index (χ3v) is 2.76. The lowest BCUT2D eigenvalue weighted by Gasteiger charge is -2.09. The minimum Gasteiger partial charge on any atom is -0.480 e. The van der Waals surface area contributed by atoms with Crippen molar-refractivity contribution in [2.75, 3.05) is 0 Å². The summed E-state index contributed by atoms with van der Waals surface area (Å²) in [5, 5.41) is 18.7. The second-order valence-corrected chi connectivity index (χ2v) is 4.11. The molecule has 0 saturated heterocycles. The van der Waals surface area contributed by atoms with Crippen LogP contribution >= 0.6 is 11.6 Å². The number of tetrazole rings is 1. The lowest BCUT2D eigenvalue weighted by Crippen LogP contribution is -2.18. The number of carboxylic acid groups (broad SMARTS) is 1. The van der Waals surface area contributed by atoms with Crippen molar-refractivity contribution in [1.29, 1.82) is 0 Å². The average Bonchev–Trinajstić information content (AvgIpc) is 2.81. The molecule has 1 heterocycles. The van der Waals surface area contributed by atoms with Crippen molar-refractivity contribution in [3.8, 4) is 11.4 Å². The van der Waals surface area contributed by atoms with Gasteiger partial charge in [0.25, 0.3) is 0 Å². The Bertz CT molecular complexity index is 646. The predicted molar refractivity (Wildman–Crippen MR) is 60.5 cm³/mol. The first-order chi connectivity index (χ1) is 8.91. The number of rotatable bonds is 3. The summed E-state index contributed by atoms with van der Waals surface area (Å²) < 4.78 is 28.0. The van der Waals surface area contributed by atoms with E-state index in [0.29, 0.717) is 0 Å². The van der Waals surface area contributed by atoms with Gasteiger partial charge in [-0.15, -0.1) is 5.10 Å². The van der Waals surface area contributed by atoms with Crippen molar-refractivity contribution < 1.29 is 18.7 Å². The fourth-order valence-corrected chi connectivity index (χ4v) is 1.58. The fourth-order valence-electron chi connectivity index (χ4n) is 1.43. The van der Waals surface area contributed by atoms with Crippen LogP contribution in [0.5, 0.6) is 0 Å². The van der Waals surface area contributed by atoms with Gasteiger partial charge < -0.3 is 5.11 Å². The molecule has 0 spiro atoms. The van der Waals surface area contributed by atoms with Gasteiger partial charge in [0.05, 0.1) is 10.6 Å². The first-order valence-corrected chi connectivity index (χ1v) is 5.45. The summed E-state index contributed by atoms with van der Waals surface area (Å²) in [5.41, 5.74) is -0.264. The molecule has 1 atom stereocenters. The highest BCUT2D eigenvalue weighted by atomic mass is 35.5. The Labute approximate surface area is 110 Å². The van der Waals surface area contributed by atoms with E-state index in [1.165, 1.54) is 6.92 Å². The highest BCUT2D eigenvalue weighted by molar-refractivity contribution is 6.30. The maximum Gasteiger partial charge on any atom is 0.328 e. The number of hydrogen-bond donors (Lipinski definition) is 1. The van der Waals surface area contributed by atoms with E-state index in [2.05, 4.69) is 15.5 Å². The number of aliphatic carboxylic acids is 1. The summed E-state index contributed by atoms with van der Waals surface area (Å²) in [6.07, 6.45) is 0. The zero-order valence-corrected chi connectivity index (χ0v) is 10.3. The molecule has 0 aliphatic heterocycles. The molecule has 0 aliphatic carbocycles. The Morgan fingerprint density at radius 3 is 2.74 bits per heavy atom. The molecule has 9 heteroatoms. The van der Waals surface area contributed by atoms with Crippen LogP contribution in [0.15, 0.2) is 12.1 Å². The summed E-state index contributed by atoms with van der Waals surface area (Å²) in [5.74, 6) is -3.10. The Morgan fingerprint density at radius 2 is 2.11 bits per heavy atom. The van der Waals surface area contributed by atoms with E-state index >= 15 is 0 Å². The molecule has 0 fully saturated rings. The first kappa shape index (κ1) is 13.3. The van der Waals surface area contributed by atoms with E-state index in [1.54, 1.807) is 0 Å². The van der Waals surface area contributed by atoms with Crippen molar-refractivity contribution in [2.24, 2.45) is 0 Å². The minimum absolute atomic E-state index is 0.192. The summed E-state index contributed by atoms with van der Waals surface area (Å²) in [4.78, 5) is 10.9. The van der Waals surface area contributed by atoms with E-state index in [4.69, 9.17) is 16.7 Å². The van der Waals surface area contributed by atoms with E-state index < -0.39 is 23.6 Å². The summed E-state index contributed by atoms with van der Waals surface area (Å²) in [6.45, 7) is 1.31. The highest BCUT2D eigenvalue weighted by Gasteiger charge is 2.23. The maximum absolute atomic E-state index is 13.7. The van der Waals surface area contributed by atoms with Gasteiger partial charge in [0, 0.05) is 0 Å². The molecule has 1 aromatic heterocycles. The monoisotopic (exact) mass is 288 g/mol. The average molecular weight is 289 g/mol. The Kier molecular flexibility index (Phi) is 3.43. The van der Waals surface area contributed by atoms with Crippen LogP contribution in [0.3, 0.4) is 0 Å². The van der Waals surface area contributed by atoms with Crippen molar-refractivity contribution in [1.82, 2.24) is 20.2 Å². The zero-order chi connectivity index (χ0) is 14.2. The van der Waals surface area contributed by atoms with Crippen LogP contribution in [0.2, 0.25) is 5.02 Å². The second-order valence-electron chi connectivity index (χ2n) is 3.71. The smallest absolute Gasteiger partial charge is 0.328 e. The van der Waals surface area contributed by atoms with E-state index in [0.717, 1.165) is 16.8 Å². The van der Waals surface area contributed by atoms with Gasteiger partial charge in [-0.05, 0) is 29.5 Å². The molecule has 0 bridgehead atoms. The van der Waals surface area contributed by atoms with Crippen LogP contribution in [0, 0.1) is 11.6 Å². The molecular formula is C10H7ClF2N4O2. The molecule has 6 nitrogen and oxygen atoms in total. The number of carboxylic acids is 1. The normalized spacial score (nSPS) is 12.4. The van der Waals surface area contributed by atoms with Crippen LogP contribution in [-0.4, -0.2) is 31.3 Å². The van der Waals surface area contributed by atoms with Gasteiger partial charge in [-0.25, -0.2) is 18.3 Å². The van der Waals surface area contributed by atoms with Crippen molar-refractivity contribution >= 4 is 17.6 Å². The molecule has 0 radical (unpaired) electrons. The highest BCUT2D eigenvalue weighted by Crippen LogP contribution is 2.27. The molecule has 1 N–H and O–H groups in total. The number of benzene rings is 1.